The highest BCUT2D eigenvalue weighted by atomic mass is 32.1. The summed E-state index contributed by atoms with van der Waals surface area (Å²) in [6, 6.07) is 22.5. The predicted molar refractivity (Wildman–Crippen MR) is 124 cm³/mol. The fraction of sp³-hybridized carbons (Fsp3) is 0.0800. The summed E-state index contributed by atoms with van der Waals surface area (Å²) in [5, 5.41) is 11.5. The smallest absolute Gasteiger partial charge is 0.301 e. The van der Waals surface area contributed by atoms with Crippen LogP contribution in [0.3, 0.4) is 0 Å². The van der Waals surface area contributed by atoms with Crippen molar-refractivity contribution in [2.24, 2.45) is 0 Å². The molecule has 0 unspecified atom stereocenters. The highest BCUT2D eigenvalue weighted by Crippen LogP contribution is 2.46. The number of ether oxygens (including phenoxy) is 1. The number of carbonyl (C=O) groups excluding carboxylic acids is 2. The SMILES string of the molecule is COc1ccccc1[C@@H]1C(=C(O)c2ccccc2)C(=O)C(=O)N1c1nc2ccccc2s1. The summed E-state index contributed by atoms with van der Waals surface area (Å²) in [4.78, 5) is 32.5. The van der Waals surface area contributed by atoms with E-state index in [1.807, 2.05) is 36.4 Å². The maximum absolute atomic E-state index is 13.3. The highest BCUT2D eigenvalue weighted by Gasteiger charge is 2.49. The number of anilines is 1. The number of amides is 1. The number of aliphatic hydroxyl groups excluding tert-OH is 1. The summed E-state index contributed by atoms with van der Waals surface area (Å²) >= 11 is 1.32. The van der Waals surface area contributed by atoms with Crippen molar-refractivity contribution >= 4 is 44.1 Å². The van der Waals surface area contributed by atoms with Gasteiger partial charge in [-0.15, -0.1) is 0 Å². The van der Waals surface area contributed by atoms with Crippen molar-refractivity contribution in [2.75, 3.05) is 12.0 Å². The molecule has 1 fully saturated rings. The maximum atomic E-state index is 13.3. The summed E-state index contributed by atoms with van der Waals surface area (Å²) in [5.74, 6) is -1.23. The number of thiazole rings is 1. The normalized spacial score (nSPS) is 17.8. The Morgan fingerprint density at radius 3 is 2.41 bits per heavy atom. The molecule has 1 N–H and O–H groups in total. The Morgan fingerprint density at radius 1 is 0.969 bits per heavy atom. The Balaban J connectivity index is 1.77. The Labute approximate surface area is 188 Å². The van der Waals surface area contributed by atoms with Gasteiger partial charge < -0.3 is 9.84 Å². The largest absolute Gasteiger partial charge is 0.507 e. The van der Waals surface area contributed by atoms with Crippen LogP contribution in [0.15, 0.2) is 84.4 Å². The van der Waals surface area contributed by atoms with E-state index in [0.717, 1.165) is 10.2 Å². The first-order valence-electron chi connectivity index (χ1n) is 9.95. The Hall–Kier alpha value is -3.97. The van der Waals surface area contributed by atoms with E-state index in [1.165, 1.54) is 23.3 Å². The number of Topliss-reactive ketones (excluding diaryl/α,β-unsaturated/α-hetero) is 1. The number of rotatable bonds is 4. The van der Waals surface area contributed by atoms with Gasteiger partial charge in [-0.2, -0.15) is 0 Å². The van der Waals surface area contributed by atoms with Crippen molar-refractivity contribution in [1.82, 2.24) is 4.98 Å². The van der Waals surface area contributed by atoms with Crippen molar-refractivity contribution in [3.05, 3.63) is 95.6 Å². The molecular formula is C25H18N2O4S. The zero-order valence-electron chi connectivity index (χ0n) is 17.1. The van der Waals surface area contributed by atoms with Crippen LogP contribution >= 0.6 is 11.3 Å². The number of ketones is 1. The molecule has 0 spiro atoms. The summed E-state index contributed by atoms with van der Waals surface area (Å²) in [6.45, 7) is 0. The minimum Gasteiger partial charge on any atom is -0.507 e. The van der Waals surface area contributed by atoms with Crippen LogP contribution < -0.4 is 9.64 Å². The average molecular weight is 442 g/mol. The van der Waals surface area contributed by atoms with Crippen LogP contribution in [0.1, 0.15) is 17.2 Å². The molecule has 1 amide bonds. The molecule has 0 saturated carbocycles. The summed E-state index contributed by atoms with van der Waals surface area (Å²) in [7, 11) is 1.53. The molecule has 0 aliphatic carbocycles. The van der Waals surface area contributed by atoms with Gasteiger partial charge in [-0.05, 0) is 18.2 Å². The molecule has 6 nitrogen and oxygen atoms in total. The third kappa shape index (κ3) is 3.14. The van der Waals surface area contributed by atoms with Gasteiger partial charge in [-0.3, -0.25) is 14.5 Å². The van der Waals surface area contributed by atoms with Gasteiger partial charge in [0.1, 0.15) is 17.6 Å². The number of para-hydroxylation sites is 2. The molecule has 1 atom stereocenters. The molecule has 32 heavy (non-hydrogen) atoms. The minimum atomic E-state index is -0.882. The van der Waals surface area contributed by atoms with Crippen LogP contribution in [0.25, 0.3) is 16.0 Å². The van der Waals surface area contributed by atoms with E-state index < -0.39 is 17.7 Å². The molecule has 5 rings (SSSR count). The first kappa shape index (κ1) is 20.0. The average Bonchev–Trinajstić information content (AvgIpc) is 3.37. The number of benzene rings is 3. The molecule has 4 aromatic rings. The number of fused-ring (bicyclic) bond motifs is 1. The van der Waals surface area contributed by atoms with Gasteiger partial charge >= 0.3 is 5.91 Å². The molecule has 2 heterocycles. The van der Waals surface area contributed by atoms with Gasteiger partial charge in [0.25, 0.3) is 5.78 Å². The molecule has 1 saturated heterocycles. The topological polar surface area (TPSA) is 79.7 Å². The molecule has 0 radical (unpaired) electrons. The number of carbonyl (C=O) groups is 2. The number of hydrogen-bond donors (Lipinski definition) is 1. The molecule has 1 aliphatic rings. The van der Waals surface area contributed by atoms with Gasteiger partial charge in [-0.1, -0.05) is 72.0 Å². The van der Waals surface area contributed by atoms with Crippen LogP contribution in [-0.4, -0.2) is 28.9 Å². The molecule has 0 bridgehead atoms. The van der Waals surface area contributed by atoms with Gasteiger partial charge in [0.2, 0.25) is 0 Å². The van der Waals surface area contributed by atoms with E-state index in [-0.39, 0.29) is 11.3 Å². The second-order valence-corrected chi connectivity index (χ2v) is 8.25. The highest BCUT2D eigenvalue weighted by molar-refractivity contribution is 7.22. The third-order valence-corrected chi connectivity index (χ3v) is 6.45. The summed E-state index contributed by atoms with van der Waals surface area (Å²) < 4.78 is 6.43. The van der Waals surface area contributed by atoms with E-state index in [2.05, 4.69) is 4.98 Å². The van der Waals surface area contributed by atoms with Crippen LogP contribution in [0.2, 0.25) is 0 Å². The standard InChI is InChI=1S/C25H18N2O4S/c1-31-18-13-7-5-11-16(18)21-20(22(28)15-9-3-2-4-10-15)23(29)24(30)27(21)25-26-17-12-6-8-14-19(17)32-25/h2-14,21,28H,1H3/t21-/m1/s1. The maximum Gasteiger partial charge on any atom is 0.301 e. The van der Waals surface area contributed by atoms with Crippen molar-refractivity contribution in [1.29, 1.82) is 0 Å². The minimum absolute atomic E-state index is 0.00459. The number of methoxy groups -OCH3 is 1. The lowest BCUT2D eigenvalue weighted by molar-refractivity contribution is -0.132. The molecule has 3 aromatic carbocycles. The molecular weight excluding hydrogens is 424 g/mol. The third-order valence-electron chi connectivity index (χ3n) is 5.41. The number of aromatic nitrogens is 1. The molecule has 1 aliphatic heterocycles. The van der Waals surface area contributed by atoms with Crippen molar-refractivity contribution in [3.8, 4) is 5.75 Å². The monoisotopic (exact) mass is 442 g/mol. The van der Waals surface area contributed by atoms with Gasteiger partial charge in [-0.25, -0.2) is 4.98 Å². The van der Waals surface area contributed by atoms with E-state index >= 15 is 0 Å². The first-order valence-corrected chi connectivity index (χ1v) is 10.8. The first-order chi connectivity index (χ1) is 15.6. The fourth-order valence-corrected chi connectivity index (χ4v) is 4.92. The van der Waals surface area contributed by atoms with Crippen molar-refractivity contribution in [2.45, 2.75) is 6.04 Å². The Kier molecular flexibility index (Phi) is 4.95. The number of nitrogens with zero attached hydrogens (tertiary/aromatic N) is 2. The number of aliphatic hydroxyl groups is 1. The lowest BCUT2D eigenvalue weighted by atomic mass is 9.95. The quantitative estimate of drug-likeness (QED) is 0.275. The molecule has 158 valence electrons. The Bertz CT molecular complexity index is 1340. The van der Waals surface area contributed by atoms with Gasteiger partial charge in [0.05, 0.1) is 22.9 Å². The zero-order chi connectivity index (χ0) is 22.2. The van der Waals surface area contributed by atoms with Crippen molar-refractivity contribution < 1.29 is 19.4 Å². The second kappa shape index (κ2) is 7.94. The molecule has 7 heteroatoms. The van der Waals surface area contributed by atoms with Crippen LogP contribution in [0.4, 0.5) is 5.13 Å². The fourth-order valence-electron chi connectivity index (χ4n) is 3.93. The van der Waals surface area contributed by atoms with Gasteiger partial charge in [0, 0.05) is 11.1 Å². The summed E-state index contributed by atoms with van der Waals surface area (Å²) in [6.07, 6.45) is 0. The number of hydrogen-bond acceptors (Lipinski definition) is 6. The predicted octanol–water partition coefficient (Wildman–Crippen LogP) is 4.93. The van der Waals surface area contributed by atoms with E-state index in [0.29, 0.717) is 22.0 Å². The van der Waals surface area contributed by atoms with E-state index in [9.17, 15) is 14.7 Å². The van der Waals surface area contributed by atoms with Gasteiger partial charge in [0.15, 0.2) is 5.13 Å². The summed E-state index contributed by atoms with van der Waals surface area (Å²) in [5.41, 5.74) is 1.78. The van der Waals surface area contributed by atoms with E-state index in [4.69, 9.17) is 4.74 Å². The van der Waals surface area contributed by atoms with E-state index in [1.54, 1.807) is 42.5 Å². The van der Waals surface area contributed by atoms with Crippen LogP contribution in [0.5, 0.6) is 5.75 Å². The van der Waals surface area contributed by atoms with Crippen LogP contribution in [-0.2, 0) is 9.59 Å². The second-order valence-electron chi connectivity index (χ2n) is 7.24. The zero-order valence-corrected chi connectivity index (χ0v) is 17.9. The van der Waals surface area contributed by atoms with Crippen molar-refractivity contribution in [3.63, 3.8) is 0 Å². The van der Waals surface area contributed by atoms with Crippen LogP contribution in [0, 0.1) is 0 Å². The lowest BCUT2D eigenvalue weighted by Crippen LogP contribution is -2.29. The molecule has 1 aromatic heterocycles. The lowest BCUT2D eigenvalue weighted by Gasteiger charge is -2.24. The Morgan fingerprint density at radius 2 is 1.66 bits per heavy atom.